The van der Waals surface area contributed by atoms with E-state index in [-0.39, 0.29) is 5.91 Å². The number of halogens is 1. The minimum atomic E-state index is -0.888. The summed E-state index contributed by atoms with van der Waals surface area (Å²) < 4.78 is 1.22. The Kier molecular flexibility index (Phi) is 9.85. The van der Waals surface area contributed by atoms with Gasteiger partial charge in [0.2, 0.25) is 5.91 Å². The largest absolute Gasteiger partial charge is 0.465 e. The van der Waals surface area contributed by atoms with Crippen LogP contribution in [0.3, 0.4) is 0 Å². The fourth-order valence-corrected chi connectivity index (χ4v) is 3.38. The topological polar surface area (TPSA) is 84.9 Å². The number of carboxylic acid groups (broad SMARTS) is 1. The fourth-order valence-electron chi connectivity index (χ4n) is 3.02. The summed E-state index contributed by atoms with van der Waals surface area (Å²) in [6.07, 6.45) is 1.43. The van der Waals surface area contributed by atoms with Gasteiger partial charge in [-0.2, -0.15) is 0 Å². The zero-order chi connectivity index (χ0) is 19.5. The number of hydrogen-bond acceptors (Lipinski definition) is 4. The van der Waals surface area contributed by atoms with Crippen molar-refractivity contribution in [2.75, 3.05) is 52.4 Å². The van der Waals surface area contributed by atoms with Crippen LogP contribution in [0.4, 0.5) is 4.79 Å². The lowest BCUT2D eigenvalue weighted by Crippen LogP contribution is -2.46. The highest BCUT2D eigenvalue weighted by atomic mass is 127. The Hall–Kier alpha value is -1.39. The molecule has 0 radical (unpaired) electrons. The van der Waals surface area contributed by atoms with Gasteiger partial charge in [0.1, 0.15) is 0 Å². The Balaban J connectivity index is 1.75. The number of nitrogens with one attached hydrogen (secondary N) is 2. The molecule has 150 valence electrons. The van der Waals surface area contributed by atoms with Crippen LogP contribution >= 0.6 is 22.6 Å². The molecule has 2 rings (SSSR count). The van der Waals surface area contributed by atoms with E-state index in [0.717, 1.165) is 12.8 Å². The molecule has 1 saturated heterocycles. The summed E-state index contributed by atoms with van der Waals surface area (Å²) in [5.74, 6) is 0.188. The quantitative estimate of drug-likeness (QED) is 0.562. The first-order valence-corrected chi connectivity index (χ1v) is 10.6. The molecule has 0 bridgehead atoms. The number of nitrogens with zero attached hydrogens (tertiary/aromatic N) is 2. The number of aryl methyl sites for hydroxylation is 1. The molecule has 27 heavy (non-hydrogen) atoms. The van der Waals surface area contributed by atoms with Crippen molar-refractivity contribution in [3.05, 3.63) is 33.4 Å². The van der Waals surface area contributed by atoms with Gasteiger partial charge < -0.3 is 25.5 Å². The van der Waals surface area contributed by atoms with Crippen molar-refractivity contribution in [2.24, 2.45) is 0 Å². The van der Waals surface area contributed by atoms with Crippen LogP contribution in [0.5, 0.6) is 0 Å². The van der Waals surface area contributed by atoms with Crippen molar-refractivity contribution in [1.82, 2.24) is 20.4 Å². The summed E-state index contributed by atoms with van der Waals surface area (Å²) in [5.41, 5.74) is 1.27. The third-order valence-electron chi connectivity index (χ3n) is 4.63. The average molecular weight is 488 g/mol. The molecule has 8 heteroatoms. The predicted octanol–water partition coefficient (Wildman–Crippen LogP) is 1.62. The van der Waals surface area contributed by atoms with E-state index in [0.29, 0.717) is 58.8 Å². The van der Waals surface area contributed by atoms with Gasteiger partial charge in [0.25, 0.3) is 0 Å². The highest BCUT2D eigenvalue weighted by molar-refractivity contribution is 14.1. The first-order chi connectivity index (χ1) is 13.1. The van der Waals surface area contributed by atoms with Crippen LogP contribution in [0.2, 0.25) is 0 Å². The van der Waals surface area contributed by atoms with E-state index < -0.39 is 6.09 Å². The number of rotatable bonds is 4. The van der Waals surface area contributed by atoms with Crippen LogP contribution in [0.25, 0.3) is 0 Å². The Morgan fingerprint density at radius 1 is 0.926 bits per heavy atom. The van der Waals surface area contributed by atoms with Gasteiger partial charge in [0.05, 0.1) is 0 Å². The molecule has 1 aliphatic heterocycles. The second-order valence-corrected chi connectivity index (χ2v) is 7.88. The van der Waals surface area contributed by atoms with Crippen molar-refractivity contribution in [3.8, 4) is 0 Å². The summed E-state index contributed by atoms with van der Waals surface area (Å²) in [7, 11) is 0. The number of hydrogen-bond donors (Lipinski definition) is 3. The Morgan fingerprint density at radius 3 is 1.96 bits per heavy atom. The Bertz CT molecular complexity index is 583. The lowest BCUT2D eigenvalue weighted by Gasteiger charge is -2.26. The van der Waals surface area contributed by atoms with Gasteiger partial charge in [-0.05, 0) is 53.1 Å². The molecule has 0 saturated carbocycles. The molecule has 0 aliphatic carbocycles. The van der Waals surface area contributed by atoms with Crippen molar-refractivity contribution in [3.63, 3.8) is 0 Å². The van der Waals surface area contributed by atoms with Crippen LogP contribution in [0, 0.1) is 3.57 Å². The molecule has 1 aliphatic rings. The standard InChI is InChI=1S/C19H29IN4O3/c20-17-6-4-16(5-7-17)2-1-3-18(25)23-12-8-21-10-14-24(19(26)27)15-11-22-9-13-23/h4-7,21-22H,1-3,8-15H2,(H,26,27). The van der Waals surface area contributed by atoms with Gasteiger partial charge >= 0.3 is 6.09 Å². The Morgan fingerprint density at radius 2 is 1.44 bits per heavy atom. The molecule has 2 amide bonds. The molecule has 0 atom stereocenters. The zero-order valence-electron chi connectivity index (χ0n) is 15.6. The molecular weight excluding hydrogens is 459 g/mol. The van der Waals surface area contributed by atoms with Gasteiger partial charge in [-0.25, -0.2) is 4.79 Å². The first-order valence-electron chi connectivity index (χ1n) is 9.48. The summed E-state index contributed by atoms with van der Waals surface area (Å²) >= 11 is 2.29. The maximum Gasteiger partial charge on any atom is 0.407 e. The lowest BCUT2D eigenvalue weighted by molar-refractivity contribution is -0.131. The van der Waals surface area contributed by atoms with Crippen molar-refractivity contribution in [2.45, 2.75) is 19.3 Å². The van der Waals surface area contributed by atoms with Crippen molar-refractivity contribution < 1.29 is 14.7 Å². The van der Waals surface area contributed by atoms with E-state index in [9.17, 15) is 9.59 Å². The molecule has 0 unspecified atom stereocenters. The maximum atomic E-state index is 12.6. The average Bonchev–Trinajstić information content (AvgIpc) is 2.63. The highest BCUT2D eigenvalue weighted by Crippen LogP contribution is 2.10. The Labute approximate surface area is 174 Å². The van der Waals surface area contributed by atoms with E-state index in [1.54, 1.807) is 0 Å². The van der Waals surface area contributed by atoms with E-state index in [1.807, 2.05) is 4.90 Å². The van der Waals surface area contributed by atoms with Gasteiger partial charge in [0, 0.05) is 62.3 Å². The molecule has 1 aromatic carbocycles. The van der Waals surface area contributed by atoms with E-state index in [2.05, 4.69) is 57.5 Å². The molecule has 0 spiro atoms. The summed E-state index contributed by atoms with van der Waals surface area (Å²) in [5, 5.41) is 15.6. The lowest BCUT2D eigenvalue weighted by atomic mass is 10.1. The fraction of sp³-hybridized carbons (Fsp3) is 0.579. The first kappa shape index (κ1) is 21.9. The van der Waals surface area contributed by atoms with Crippen LogP contribution < -0.4 is 10.6 Å². The van der Waals surface area contributed by atoms with Crippen LogP contribution in [0.1, 0.15) is 18.4 Å². The molecule has 1 aromatic rings. The summed E-state index contributed by atoms with van der Waals surface area (Å²) in [6, 6.07) is 8.43. The smallest absolute Gasteiger partial charge is 0.407 e. The SMILES string of the molecule is O=C(O)N1CCNCCN(C(=O)CCCc2ccc(I)cc2)CCNCC1. The maximum absolute atomic E-state index is 12.6. The second kappa shape index (κ2) is 12.1. The minimum absolute atomic E-state index is 0.188. The van der Waals surface area contributed by atoms with Crippen LogP contribution in [0.15, 0.2) is 24.3 Å². The normalized spacial score (nSPS) is 17.1. The van der Waals surface area contributed by atoms with E-state index in [1.165, 1.54) is 14.0 Å². The predicted molar refractivity (Wildman–Crippen MR) is 114 cm³/mol. The number of carbonyl (C=O) groups excluding carboxylic acids is 1. The number of carbonyl (C=O) groups is 2. The van der Waals surface area contributed by atoms with Crippen LogP contribution in [-0.4, -0.2) is 79.3 Å². The zero-order valence-corrected chi connectivity index (χ0v) is 17.8. The second-order valence-electron chi connectivity index (χ2n) is 6.63. The third kappa shape index (κ3) is 8.44. The minimum Gasteiger partial charge on any atom is -0.465 e. The highest BCUT2D eigenvalue weighted by Gasteiger charge is 2.15. The number of amides is 2. The monoisotopic (exact) mass is 488 g/mol. The van der Waals surface area contributed by atoms with Gasteiger partial charge in [0.15, 0.2) is 0 Å². The van der Waals surface area contributed by atoms with Crippen LogP contribution in [-0.2, 0) is 11.2 Å². The summed E-state index contributed by atoms with van der Waals surface area (Å²) in [4.78, 5) is 27.1. The molecule has 7 nitrogen and oxygen atoms in total. The molecule has 0 aromatic heterocycles. The molecule has 1 heterocycles. The third-order valence-corrected chi connectivity index (χ3v) is 5.35. The molecule has 1 fully saturated rings. The van der Waals surface area contributed by atoms with Gasteiger partial charge in [-0.1, -0.05) is 12.1 Å². The van der Waals surface area contributed by atoms with Gasteiger partial charge in [-0.15, -0.1) is 0 Å². The van der Waals surface area contributed by atoms with Crippen molar-refractivity contribution in [1.29, 1.82) is 0 Å². The van der Waals surface area contributed by atoms with E-state index >= 15 is 0 Å². The molecule has 3 N–H and O–H groups in total. The van der Waals surface area contributed by atoms with Gasteiger partial charge in [-0.3, -0.25) is 4.79 Å². The van der Waals surface area contributed by atoms with E-state index in [4.69, 9.17) is 5.11 Å². The van der Waals surface area contributed by atoms with Crippen molar-refractivity contribution >= 4 is 34.6 Å². The molecular formula is C19H29IN4O3. The number of benzene rings is 1. The summed E-state index contributed by atoms with van der Waals surface area (Å²) in [6.45, 7) is 4.77.